The molecular formula is C20H13Cl2F3N6O. The number of benzene rings is 2. The van der Waals surface area contributed by atoms with E-state index < -0.39 is 17.8 Å². The van der Waals surface area contributed by atoms with E-state index in [1.165, 1.54) is 10.9 Å². The number of nitrogens with two attached hydrogens (primary N) is 1. The second-order valence-corrected chi connectivity index (χ2v) is 7.43. The van der Waals surface area contributed by atoms with Crippen LogP contribution in [0.4, 0.5) is 24.5 Å². The van der Waals surface area contributed by atoms with Crippen molar-refractivity contribution in [3.63, 3.8) is 0 Å². The molecule has 12 heteroatoms. The summed E-state index contributed by atoms with van der Waals surface area (Å²) >= 11 is 12.4. The fourth-order valence-electron chi connectivity index (χ4n) is 2.95. The molecule has 2 heterocycles. The monoisotopic (exact) mass is 480 g/mol. The Hall–Kier alpha value is -3.50. The zero-order chi connectivity index (χ0) is 23.0. The SMILES string of the molecule is NC(=O)c1nn(-c2c(Cl)cccc2Cl)cc1Nc1ccc(-c2ncc(C(F)(F)F)[nH]2)cc1. The number of alkyl halides is 3. The highest BCUT2D eigenvalue weighted by Gasteiger charge is 2.33. The molecule has 0 atom stereocenters. The van der Waals surface area contributed by atoms with Crippen molar-refractivity contribution in [3.8, 4) is 17.1 Å². The number of primary amides is 1. The number of amides is 1. The molecule has 0 radical (unpaired) electrons. The highest BCUT2D eigenvalue weighted by Crippen LogP contribution is 2.32. The lowest BCUT2D eigenvalue weighted by Crippen LogP contribution is -2.14. The first-order valence-corrected chi connectivity index (χ1v) is 9.72. The Morgan fingerprint density at radius 3 is 2.31 bits per heavy atom. The summed E-state index contributed by atoms with van der Waals surface area (Å²) in [7, 11) is 0. The zero-order valence-electron chi connectivity index (χ0n) is 15.9. The molecule has 0 saturated carbocycles. The topological polar surface area (TPSA) is 102 Å². The van der Waals surface area contributed by atoms with E-state index in [-0.39, 0.29) is 11.5 Å². The van der Waals surface area contributed by atoms with Crippen molar-refractivity contribution in [3.05, 3.63) is 76.3 Å². The van der Waals surface area contributed by atoms with E-state index in [2.05, 4.69) is 20.4 Å². The van der Waals surface area contributed by atoms with Crippen molar-refractivity contribution in [2.24, 2.45) is 5.73 Å². The lowest BCUT2D eigenvalue weighted by atomic mass is 10.2. The number of hydrogen-bond acceptors (Lipinski definition) is 4. The van der Waals surface area contributed by atoms with E-state index >= 15 is 0 Å². The van der Waals surface area contributed by atoms with Crippen LogP contribution in [0, 0.1) is 0 Å². The van der Waals surface area contributed by atoms with Crippen LogP contribution in [-0.4, -0.2) is 25.7 Å². The molecule has 4 rings (SSSR count). The third kappa shape index (κ3) is 4.27. The largest absolute Gasteiger partial charge is 0.432 e. The van der Waals surface area contributed by atoms with Gasteiger partial charge >= 0.3 is 6.18 Å². The Bertz CT molecular complexity index is 1280. The van der Waals surface area contributed by atoms with E-state index in [0.717, 1.165) is 6.20 Å². The van der Waals surface area contributed by atoms with E-state index in [4.69, 9.17) is 28.9 Å². The number of para-hydroxylation sites is 1. The molecule has 0 fully saturated rings. The standard InChI is InChI=1S/C20H13Cl2F3N6O/c21-12-2-1-3-13(22)17(12)31-9-14(16(30-31)18(26)32)28-11-6-4-10(5-7-11)19-27-8-15(29-19)20(23,24)25/h1-9,28H,(H2,26,32)(H,27,29). The number of carbonyl (C=O) groups is 1. The molecule has 0 bridgehead atoms. The number of nitrogens with one attached hydrogen (secondary N) is 2. The molecule has 2 aromatic heterocycles. The summed E-state index contributed by atoms with van der Waals surface area (Å²) in [6, 6.07) is 11.3. The molecular weight excluding hydrogens is 468 g/mol. The fourth-order valence-corrected chi connectivity index (χ4v) is 3.52. The molecule has 7 nitrogen and oxygen atoms in total. The smallest absolute Gasteiger partial charge is 0.364 e. The first kappa shape index (κ1) is 21.7. The number of halogens is 5. The quantitative estimate of drug-likeness (QED) is 0.354. The summed E-state index contributed by atoms with van der Waals surface area (Å²) < 4.78 is 39.6. The van der Waals surface area contributed by atoms with Gasteiger partial charge in [-0.25, -0.2) is 9.67 Å². The summed E-state index contributed by atoms with van der Waals surface area (Å²) in [5, 5.41) is 7.83. The van der Waals surface area contributed by atoms with Crippen LogP contribution < -0.4 is 11.1 Å². The van der Waals surface area contributed by atoms with Gasteiger partial charge in [0.1, 0.15) is 17.2 Å². The maximum absolute atomic E-state index is 12.8. The van der Waals surface area contributed by atoms with Crippen molar-refractivity contribution in [1.82, 2.24) is 19.7 Å². The molecule has 32 heavy (non-hydrogen) atoms. The number of H-pyrrole nitrogens is 1. The number of rotatable bonds is 5. The Morgan fingerprint density at radius 2 is 1.75 bits per heavy atom. The van der Waals surface area contributed by atoms with Crippen LogP contribution in [0.15, 0.2) is 54.9 Å². The summed E-state index contributed by atoms with van der Waals surface area (Å²) in [4.78, 5) is 17.9. The lowest BCUT2D eigenvalue weighted by Gasteiger charge is -2.07. The maximum atomic E-state index is 12.8. The van der Waals surface area contributed by atoms with Gasteiger partial charge in [-0.1, -0.05) is 29.3 Å². The van der Waals surface area contributed by atoms with Crippen molar-refractivity contribution in [2.75, 3.05) is 5.32 Å². The minimum Gasteiger partial charge on any atom is -0.364 e. The number of aromatic nitrogens is 4. The third-order valence-electron chi connectivity index (χ3n) is 4.43. The van der Waals surface area contributed by atoms with Gasteiger partial charge in [0.25, 0.3) is 5.91 Å². The Kier molecular flexibility index (Phi) is 5.57. The molecule has 1 amide bonds. The van der Waals surface area contributed by atoms with Crippen molar-refractivity contribution < 1.29 is 18.0 Å². The number of hydrogen-bond donors (Lipinski definition) is 3. The highest BCUT2D eigenvalue weighted by molar-refractivity contribution is 6.37. The van der Waals surface area contributed by atoms with Gasteiger partial charge in [-0.05, 0) is 36.4 Å². The van der Waals surface area contributed by atoms with Crippen LogP contribution in [0.25, 0.3) is 17.1 Å². The predicted molar refractivity (Wildman–Crippen MR) is 114 cm³/mol. The van der Waals surface area contributed by atoms with Gasteiger partial charge in [-0.3, -0.25) is 4.79 Å². The van der Waals surface area contributed by atoms with Crippen LogP contribution in [0.2, 0.25) is 10.0 Å². The van der Waals surface area contributed by atoms with Gasteiger partial charge in [-0.2, -0.15) is 18.3 Å². The summed E-state index contributed by atoms with van der Waals surface area (Å²) in [6.45, 7) is 0. The molecule has 2 aromatic carbocycles. The van der Waals surface area contributed by atoms with Gasteiger partial charge in [0, 0.05) is 11.3 Å². The average Bonchev–Trinajstić information content (AvgIpc) is 3.36. The van der Waals surface area contributed by atoms with Crippen molar-refractivity contribution in [1.29, 1.82) is 0 Å². The Labute approximate surface area is 189 Å². The molecule has 0 aliphatic heterocycles. The van der Waals surface area contributed by atoms with E-state index in [1.807, 2.05) is 0 Å². The summed E-state index contributed by atoms with van der Waals surface area (Å²) in [5.41, 5.74) is 6.10. The minimum absolute atomic E-state index is 0.0501. The summed E-state index contributed by atoms with van der Waals surface area (Å²) in [5.74, 6) is -0.704. The molecule has 0 aliphatic rings. The lowest BCUT2D eigenvalue weighted by molar-refractivity contribution is -0.140. The second kappa shape index (κ2) is 8.21. The van der Waals surface area contributed by atoms with Gasteiger partial charge < -0.3 is 16.0 Å². The molecule has 0 saturated heterocycles. The fraction of sp³-hybridized carbons (Fsp3) is 0.0500. The molecule has 4 N–H and O–H groups in total. The molecule has 0 aliphatic carbocycles. The zero-order valence-corrected chi connectivity index (χ0v) is 17.4. The van der Waals surface area contributed by atoms with E-state index in [1.54, 1.807) is 42.5 Å². The van der Waals surface area contributed by atoms with E-state index in [0.29, 0.717) is 32.7 Å². The van der Waals surface area contributed by atoms with Gasteiger partial charge in [0.05, 0.1) is 28.1 Å². The first-order valence-electron chi connectivity index (χ1n) is 8.97. The predicted octanol–water partition coefficient (Wildman–Crippen LogP) is 5.43. The van der Waals surface area contributed by atoms with Crippen molar-refractivity contribution >= 4 is 40.5 Å². The minimum atomic E-state index is -4.51. The molecule has 164 valence electrons. The molecule has 0 unspecified atom stereocenters. The normalized spacial score (nSPS) is 11.5. The molecule has 0 spiro atoms. The number of aromatic amines is 1. The van der Waals surface area contributed by atoms with Gasteiger partial charge in [-0.15, -0.1) is 0 Å². The van der Waals surface area contributed by atoms with Crippen LogP contribution in [0.1, 0.15) is 16.2 Å². The van der Waals surface area contributed by atoms with Gasteiger partial charge in [0.2, 0.25) is 0 Å². The van der Waals surface area contributed by atoms with E-state index in [9.17, 15) is 18.0 Å². The van der Waals surface area contributed by atoms with Crippen LogP contribution in [0.5, 0.6) is 0 Å². The molecule has 4 aromatic rings. The number of nitrogens with zero attached hydrogens (tertiary/aromatic N) is 3. The van der Waals surface area contributed by atoms with Crippen LogP contribution in [-0.2, 0) is 6.18 Å². The van der Waals surface area contributed by atoms with Crippen LogP contribution >= 0.6 is 23.2 Å². The first-order chi connectivity index (χ1) is 15.1. The van der Waals surface area contributed by atoms with Crippen LogP contribution in [0.3, 0.4) is 0 Å². The second-order valence-electron chi connectivity index (χ2n) is 6.62. The highest BCUT2D eigenvalue weighted by atomic mass is 35.5. The Morgan fingerprint density at radius 1 is 1.09 bits per heavy atom. The third-order valence-corrected chi connectivity index (χ3v) is 5.04. The Balaban J connectivity index is 1.62. The van der Waals surface area contributed by atoms with Gasteiger partial charge in [0.15, 0.2) is 5.69 Å². The number of imidazole rings is 1. The van der Waals surface area contributed by atoms with Crippen molar-refractivity contribution in [2.45, 2.75) is 6.18 Å². The maximum Gasteiger partial charge on any atom is 0.432 e. The number of anilines is 2. The summed E-state index contributed by atoms with van der Waals surface area (Å²) in [6.07, 6.45) is -2.28. The number of carbonyl (C=O) groups excluding carboxylic acids is 1. The average molecular weight is 481 g/mol.